The molecule has 2 heterocycles. The molecule has 0 saturated carbocycles. The Morgan fingerprint density at radius 2 is 2.16 bits per heavy atom. The van der Waals surface area contributed by atoms with Crippen molar-refractivity contribution in [2.75, 3.05) is 0 Å². The lowest BCUT2D eigenvalue weighted by molar-refractivity contribution is -0.155. The van der Waals surface area contributed by atoms with Crippen LogP contribution >= 0.6 is 0 Å². The summed E-state index contributed by atoms with van der Waals surface area (Å²) in [4.78, 5) is 15.2. The van der Waals surface area contributed by atoms with E-state index in [4.69, 9.17) is 0 Å². The zero-order valence-electron chi connectivity index (χ0n) is 9.39. The molecule has 2 rings (SSSR count). The number of aromatic nitrogens is 2. The molecule has 2 aromatic heterocycles. The summed E-state index contributed by atoms with van der Waals surface area (Å²) in [5.41, 5.74) is -0.384. The summed E-state index contributed by atoms with van der Waals surface area (Å²) in [6.45, 7) is 0. The number of amides is 1. The van der Waals surface area contributed by atoms with Crippen molar-refractivity contribution >= 4 is 5.91 Å². The highest BCUT2D eigenvalue weighted by atomic mass is 19.4. The first-order valence-electron chi connectivity index (χ1n) is 5.16. The fourth-order valence-electron chi connectivity index (χ4n) is 1.44. The molecule has 2 aromatic rings. The fraction of sp³-hybridized carbons (Fsp3) is 0.182. The van der Waals surface area contributed by atoms with Gasteiger partial charge in [-0.05, 0) is 6.07 Å². The Kier molecular flexibility index (Phi) is 3.50. The lowest BCUT2D eigenvalue weighted by Gasteiger charge is -2.21. The number of alkyl halides is 3. The number of pyridine rings is 1. The van der Waals surface area contributed by atoms with Crippen LogP contribution in [0.4, 0.5) is 13.2 Å². The molecule has 0 spiro atoms. The van der Waals surface area contributed by atoms with Crippen molar-refractivity contribution in [2.45, 2.75) is 12.2 Å². The zero-order valence-corrected chi connectivity index (χ0v) is 9.39. The number of hydrogen-bond acceptors (Lipinski definition) is 4. The molecule has 0 fully saturated rings. The summed E-state index contributed by atoms with van der Waals surface area (Å²) in [5, 5.41) is 5.12. The van der Waals surface area contributed by atoms with Crippen LogP contribution in [0.2, 0.25) is 0 Å². The van der Waals surface area contributed by atoms with Crippen molar-refractivity contribution in [2.24, 2.45) is 0 Å². The minimum absolute atomic E-state index is 0.160. The molecule has 5 nitrogen and oxygen atoms in total. The van der Waals surface area contributed by atoms with E-state index in [1.807, 2.05) is 5.32 Å². The second-order valence-corrected chi connectivity index (χ2v) is 3.62. The van der Waals surface area contributed by atoms with E-state index in [0.29, 0.717) is 0 Å². The van der Waals surface area contributed by atoms with Gasteiger partial charge in [0.25, 0.3) is 5.91 Å². The highest BCUT2D eigenvalue weighted by molar-refractivity contribution is 5.92. The van der Waals surface area contributed by atoms with Gasteiger partial charge in [0.15, 0.2) is 11.7 Å². The smallest absolute Gasteiger partial charge is 0.364 e. The van der Waals surface area contributed by atoms with E-state index in [-0.39, 0.29) is 11.3 Å². The lowest BCUT2D eigenvalue weighted by atomic mass is 10.1. The van der Waals surface area contributed by atoms with Crippen LogP contribution in [0, 0.1) is 0 Å². The topological polar surface area (TPSA) is 68.0 Å². The summed E-state index contributed by atoms with van der Waals surface area (Å²) < 4.78 is 43.2. The standard InChI is InChI=1S/C11H8F3N3O2/c12-11(13,14)9(7-2-1-4-15-6-7)16-10(18)8-3-5-19-17-8/h1-6,9H,(H,16,18). The number of rotatable bonds is 3. The van der Waals surface area contributed by atoms with Gasteiger partial charge in [0.2, 0.25) is 0 Å². The molecule has 8 heteroatoms. The molecule has 0 aliphatic carbocycles. The first-order chi connectivity index (χ1) is 8.98. The third-order valence-electron chi connectivity index (χ3n) is 2.29. The van der Waals surface area contributed by atoms with Crippen molar-refractivity contribution in [3.63, 3.8) is 0 Å². The van der Waals surface area contributed by atoms with Crippen LogP contribution in [0.25, 0.3) is 0 Å². The largest absolute Gasteiger partial charge is 0.412 e. The van der Waals surface area contributed by atoms with Crippen LogP contribution in [0.1, 0.15) is 22.1 Å². The summed E-state index contributed by atoms with van der Waals surface area (Å²) in [6.07, 6.45) is -1.15. The first-order valence-corrected chi connectivity index (χ1v) is 5.16. The van der Waals surface area contributed by atoms with Crippen molar-refractivity contribution in [1.82, 2.24) is 15.5 Å². The highest BCUT2D eigenvalue weighted by Crippen LogP contribution is 2.32. The molecule has 1 atom stereocenters. The van der Waals surface area contributed by atoms with E-state index in [2.05, 4.69) is 14.7 Å². The maximum atomic E-state index is 12.9. The van der Waals surface area contributed by atoms with Crippen LogP contribution in [0.3, 0.4) is 0 Å². The van der Waals surface area contributed by atoms with Gasteiger partial charge in [0.05, 0.1) is 0 Å². The minimum atomic E-state index is -4.64. The maximum Gasteiger partial charge on any atom is 0.412 e. The van der Waals surface area contributed by atoms with E-state index < -0.39 is 18.1 Å². The minimum Gasteiger partial charge on any atom is -0.364 e. The summed E-state index contributed by atoms with van der Waals surface area (Å²) in [5.74, 6) is -0.972. The van der Waals surface area contributed by atoms with Crippen LogP contribution in [-0.4, -0.2) is 22.2 Å². The van der Waals surface area contributed by atoms with Gasteiger partial charge in [0.1, 0.15) is 6.26 Å². The van der Waals surface area contributed by atoms with Gasteiger partial charge in [-0.2, -0.15) is 13.2 Å². The van der Waals surface area contributed by atoms with Gasteiger partial charge in [0, 0.05) is 24.0 Å². The van der Waals surface area contributed by atoms with Crippen molar-refractivity contribution in [3.8, 4) is 0 Å². The number of nitrogens with zero attached hydrogens (tertiary/aromatic N) is 2. The van der Waals surface area contributed by atoms with Crippen molar-refractivity contribution in [1.29, 1.82) is 0 Å². The predicted molar refractivity (Wildman–Crippen MR) is 57.0 cm³/mol. The molecule has 1 N–H and O–H groups in total. The average Bonchev–Trinajstić information content (AvgIpc) is 2.89. The van der Waals surface area contributed by atoms with Crippen LogP contribution < -0.4 is 5.32 Å². The van der Waals surface area contributed by atoms with E-state index in [0.717, 1.165) is 12.5 Å². The molecule has 1 amide bonds. The van der Waals surface area contributed by atoms with Gasteiger partial charge in [-0.25, -0.2) is 0 Å². The van der Waals surface area contributed by atoms with Gasteiger partial charge >= 0.3 is 6.18 Å². The first kappa shape index (κ1) is 13.1. The Hall–Kier alpha value is -2.38. The molecule has 0 saturated heterocycles. The van der Waals surface area contributed by atoms with Gasteiger partial charge in [-0.3, -0.25) is 9.78 Å². The predicted octanol–water partition coefficient (Wildman–Crippen LogP) is 2.10. The Morgan fingerprint density at radius 3 is 2.68 bits per heavy atom. The molecule has 0 bridgehead atoms. The van der Waals surface area contributed by atoms with Crippen LogP contribution in [-0.2, 0) is 0 Å². The van der Waals surface area contributed by atoms with E-state index in [1.54, 1.807) is 0 Å². The molecule has 1 unspecified atom stereocenters. The molecule has 0 aromatic carbocycles. The molecule has 19 heavy (non-hydrogen) atoms. The Balaban J connectivity index is 2.23. The molecule has 0 radical (unpaired) electrons. The number of nitrogens with one attached hydrogen (secondary N) is 1. The van der Waals surface area contributed by atoms with E-state index in [1.165, 1.54) is 24.4 Å². The van der Waals surface area contributed by atoms with Crippen LogP contribution in [0.5, 0.6) is 0 Å². The molecule has 0 aliphatic heterocycles. The third-order valence-corrected chi connectivity index (χ3v) is 2.29. The van der Waals surface area contributed by atoms with Gasteiger partial charge < -0.3 is 9.84 Å². The third kappa shape index (κ3) is 3.09. The highest BCUT2D eigenvalue weighted by Gasteiger charge is 2.42. The Morgan fingerprint density at radius 1 is 1.37 bits per heavy atom. The van der Waals surface area contributed by atoms with Crippen LogP contribution in [0.15, 0.2) is 41.4 Å². The summed E-state index contributed by atoms with van der Waals surface area (Å²) in [6, 6.07) is 1.61. The SMILES string of the molecule is O=C(NC(c1cccnc1)C(F)(F)F)c1ccon1. The normalized spacial score (nSPS) is 13.0. The Labute approximate surface area is 105 Å². The summed E-state index contributed by atoms with van der Waals surface area (Å²) in [7, 11) is 0. The van der Waals surface area contributed by atoms with E-state index in [9.17, 15) is 18.0 Å². The zero-order chi connectivity index (χ0) is 13.9. The maximum absolute atomic E-state index is 12.9. The van der Waals surface area contributed by atoms with Crippen molar-refractivity contribution in [3.05, 3.63) is 48.1 Å². The van der Waals surface area contributed by atoms with Gasteiger partial charge in [-0.15, -0.1) is 0 Å². The Bertz CT molecular complexity index is 540. The molecular formula is C11H8F3N3O2. The molecule has 0 aliphatic rings. The molecular weight excluding hydrogens is 263 g/mol. The summed E-state index contributed by atoms with van der Waals surface area (Å²) >= 11 is 0. The second kappa shape index (κ2) is 5.09. The molecule has 100 valence electrons. The van der Waals surface area contributed by atoms with Gasteiger partial charge in [-0.1, -0.05) is 11.2 Å². The van der Waals surface area contributed by atoms with E-state index >= 15 is 0 Å². The second-order valence-electron chi connectivity index (χ2n) is 3.62. The fourth-order valence-corrected chi connectivity index (χ4v) is 1.44. The monoisotopic (exact) mass is 271 g/mol. The quantitative estimate of drug-likeness (QED) is 0.928. The number of carbonyl (C=O) groups excluding carboxylic acids is 1. The number of halogens is 3. The average molecular weight is 271 g/mol. The van der Waals surface area contributed by atoms with Crippen molar-refractivity contribution < 1.29 is 22.5 Å². The lowest BCUT2D eigenvalue weighted by Crippen LogP contribution is -2.38. The number of carbonyl (C=O) groups is 1. The number of hydrogen-bond donors (Lipinski definition) is 1.